The van der Waals surface area contributed by atoms with Crippen molar-refractivity contribution in [2.24, 2.45) is 0 Å². The van der Waals surface area contributed by atoms with Crippen LogP contribution < -0.4 is 5.32 Å². The van der Waals surface area contributed by atoms with Crippen LogP contribution in [0.3, 0.4) is 0 Å². The van der Waals surface area contributed by atoms with Crippen LogP contribution in [0, 0.1) is 0 Å². The molecule has 0 aliphatic carbocycles. The van der Waals surface area contributed by atoms with Crippen LogP contribution in [0.2, 0.25) is 0 Å². The van der Waals surface area contributed by atoms with Gasteiger partial charge in [0.2, 0.25) is 0 Å². The van der Waals surface area contributed by atoms with E-state index < -0.39 is 0 Å². The zero-order chi connectivity index (χ0) is 12.1. The van der Waals surface area contributed by atoms with Crippen LogP contribution >= 0.6 is 0 Å². The van der Waals surface area contributed by atoms with E-state index >= 15 is 0 Å². The molecule has 98 valence electrons. The summed E-state index contributed by atoms with van der Waals surface area (Å²) in [5, 5.41) is 3.39. The van der Waals surface area contributed by atoms with Crippen molar-refractivity contribution in [2.75, 3.05) is 33.0 Å². The van der Waals surface area contributed by atoms with E-state index in [0.29, 0.717) is 12.6 Å². The van der Waals surface area contributed by atoms with Gasteiger partial charge in [-0.15, -0.1) is 0 Å². The van der Waals surface area contributed by atoms with Crippen LogP contribution in [0.15, 0.2) is 0 Å². The lowest BCUT2D eigenvalue weighted by atomic mass is 10.3. The van der Waals surface area contributed by atoms with E-state index in [2.05, 4.69) is 26.1 Å². The highest BCUT2D eigenvalue weighted by Crippen LogP contribution is 1.93. The number of unbranched alkanes of at least 4 members (excludes halogenated alkanes) is 2. The van der Waals surface area contributed by atoms with Crippen LogP contribution in [0.5, 0.6) is 0 Å². The van der Waals surface area contributed by atoms with Crippen molar-refractivity contribution in [1.82, 2.24) is 5.32 Å². The molecule has 16 heavy (non-hydrogen) atoms. The molecule has 0 spiro atoms. The second kappa shape index (κ2) is 12.9. The van der Waals surface area contributed by atoms with Crippen molar-refractivity contribution in [3.05, 3.63) is 0 Å². The molecule has 0 fully saturated rings. The zero-order valence-corrected chi connectivity index (χ0v) is 11.3. The van der Waals surface area contributed by atoms with Crippen molar-refractivity contribution < 1.29 is 9.47 Å². The molecule has 1 unspecified atom stereocenters. The van der Waals surface area contributed by atoms with Gasteiger partial charge >= 0.3 is 0 Å². The molecule has 0 aliphatic rings. The van der Waals surface area contributed by atoms with Crippen LogP contribution in [-0.4, -0.2) is 39.0 Å². The topological polar surface area (TPSA) is 30.5 Å². The highest BCUT2D eigenvalue weighted by molar-refractivity contribution is 4.55. The highest BCUT2D eigenvalue weighted by Gasteiger charge is 1.95. The van der Waals surface area contributed by atoms with Gasteiger partial charge in [0.1, 0.15) is 0 Å². The van der Waals surface area contributed by atoms with Crippen LogP contribution in [0.1, 0.15) is 46.5 Å². The van der Waals surface area contributed by atoms with Crippen molar-refractivity contribution >= 4 is 0 Å². The molecule has 0 rings (SSSR count). The largest absolute Gasteiger partial charge is 0.379 e. The maximum absolute atomic E-state index is 5.45. The molecule has 1 N–H and O–H groups in total. The Morgan fingerprint density at radius 1 is 0.938 bits per heavy atom. The monoisotopic (exact) mass is 231 g/mol. The van der Waals surface area contributed by atoms with Gasteiger partial charge in [0, 0.05) is 19.2 Å². The van der Waals surface area contributed by atoms with Gasteiger partial charge in [-0.05, 0) is 19.8 Å². The molecule has 0 bridgehead atoms. The summed E-state index contributed by atoms with van der Waals surface area (Å²) in [5.74, 6) is 0. The molecule has 0 radical (unpaired) electrons. The summed E-state index contributed by atoms with van der Waals surface area (Å²) in [4.78, 5) is 0. The fraction of sp³-hybridized carbons (Fsp3) is 1.00. The Balaban J connectivity index is 2.93. The lowest BCUT2D eigenvalue weighted by Crippen LogP contribution is -2.29. The molecule has 0 heterocycles. The predicted molar refractivity (Wildman–Crippen MR) is 68.9 cm³/mol. The third kappa shape index (κ3) is 12.0. The summed E-state index contributed by atoms with van der Waals surface area (Å²) in [6.45, 7) is 10.6. The SMILES string of the molecule is CCCCCOCCOCCNC(C)CC. The lowest BCUT2D eigenvalue weighted by molar-refractivity contribution is 0.0469. The Labute approximate surface area is 101 Å². The van der Waals surface area contributed by atoms with Crippen molar-refractivity contribution in [3.63, 3.8) is 0 Å². The van der Waals surface area contributed by atoms with Crippen LogP contribution in [0.4, 0.5) is 0 Å². The average molecular weight is 231 g/mol. The van der Waals surface area contributed by atoms with Gasteiger partial charge in [-0.1, -0.05) is 26.7 Å². The van der Waals surface area contributed by atoms with Gasteiger partial charge in [-0.2, -0.15) is 0 Å². The number of nitrogens with one attached hydrogen (secondary N) is 1. The van der Waals surface area contributed by atoms with Crippen LogP contribution in [-0.2, 0) is 9.47 Å². The highest BCUT2D eigenvalue weighted by atomic mass is 16.5. The quantitative estimate of drug-likeness (QED) is 0.524. The molecular weight excluding hydrogens is 202 g/mol. The summed E-state index contributed by atoms with van der Waals surface area (Å²) in [5.41, 5.74) is 0. The second-order valence-electron chi connectivity index (χ2n) is 4.20. The van der Waals surface area contributed by atoms with E-state index in [1.807, 2.05) is 0 Å². The van der Waals surface area contributed by atoms with Crippen molar-refractivity contribution in [1.29, 1.82) is 0 Å². The van der Waals surface area contributed by atoms with Gasteiger partial charge in [0.15, 0.2) is 0 Å². The fourth-order valence-electron chi connectivity index (χ4n) is 1.30. The number of rotatable bonds is 12. The van der Waals surface area contributed by atoms with Crippen molar-refractivity contribution in [3.8, 4) is 0 Å². The maximum atomic E-state index is 5.45. The second-order valence-corrected chi connectivity index (χ2v) is 4.20. The molecule has 1 atom stereocenters. The smallest absolute Gasteiger partial charge is 0.0701 e. The summed E-state index contributed by atoms with van der Waals surface area (Å²) >= 11 is 0. The summed E-state index contributed by atoms with van der Waals surface area (Å²) in [6, 6.07) is 0.592. The van der Waals surface area contributed by atoms with Crippen molar-refractivity contribution in [2.45, 2.75) is 52.5 Å². The zero-order valence-electron chi connectivity index (χ0n) is 11.3. The first-order valence-corrected chi connectivity index (χ1v) is 6.70. The first-order valence-electron chi connectivity index (χ1n) is 6.70. The molecule has 0 aromatic rings. The molecular formula is C13H29NO2. The number of ether oxygens (including phenoxy) is 2. The van der Waals surface area contributed by atoms with E-state index in [-0.39, 0.29) is 0 Å². The summed E-state index contributed by atoms with van der Waals surface area (Å²) < 4.78 is 10.9. The molecule has 0 aromatic carbocycles. The Morgan fingerprint density at radius 3 is 2.25 bits per heavy atom. The third-order valence-corrected chi connectivity index (χ3v) is 2.62. The van der Waals surface area contributed by atoms with E-state index in [0.717, 1.165) is 26.4 Å². The summed E-state index contributed by atoms with van der Waals surface area (Å²) in [6.07, 6.45) is 4.85. The standard InChI is InChI=1S/C13H29NO2/c1-4-6-7-9-15-11-12-16-10-8-14-13(3)5-2/h13-14H,4-12H2,1-3H3. The van der Waals surface area contributed by atoms with E-state index in [1.54, 1.807) is 0 Å². The first-order chi connectivity index (χ1) is 7.81. The molecule has 0 saturated carbocycles. The Morgan fingerprint density at radius 2 is 1.62 bits per heavy atom. The lowest BCUT2D eigenvalue weighted by Gasteiger charge is -2.11. The minimum Gasteiger partial charge on any atom is -0.379 e. The van der Waals surface area contributed by atoms with Gasteiger partial charge in [0.05, 0.1) is 19.8 Å². The summed E-state index contributed by atoms with van der Waals surface area (Å²) in [7, 11) is 0. The third-order valence-electron chi connectivity index (χ3n) is 2.62. The minimum atomic E-state index is 0.592. The minimum absolute atomic E-state index is 0.592. The Bertz CT molecular complexity index is 131. The molecule has 0 saturated heterocycles. The first kappa shape index (κ1) is 15.9. The molecule has 0 aromatic heterocycles. The van der Waals surface area contributed by atoms with Gasteiger partial charge in [0.25, 0.3) is 0 Å². The molecule has 0 amide bonds. The molecule has 3 heteroatoms. The molecule has 3 nitrogen and oxygen atoms in total. The maximum Gasteiger partial charge on any atom is 0.0701 e. The Hall–Kier alpha value is -0.120. The number of hydrogen-bond donors (Lipinski definition) is 1. The van der Waals surface area contributed by atoms with Gasteiger partial charge < -0.3 is 14.8 Å². The average Bonchev–Trinajstić information content (AvgIpc) is 2.31. The molecule has 0 aliphatic heterocycles. The van der Waals surface area contributed by atoms with Crippen LogP contribution in [0.25, 0.3) is 0 Å². The van der Waals surface area contributed by atoms with Gasteiger partial charge in [-0.25, -0.2) is 0 Å². The van der Waals surface area contributed by atoms with E-state index in [1.165, 1.54) is 25.7 Å². The van der Waals surface area contributed by atoms with E-state index in [4.69, 9.17) is 9.47 Å². The van der Waals surface area contributed by atoms with E-state index in [9.17, 15) is 0 Å². The van der Waals surface area contributed by atoms with Gasteiger partial charge in [-0.3, -0.25) is 0 Å². The fourth-order valence-corrected chi connectivity index (χ4v) is 1.30. The predicted octanol–water partition coefficient (Wildman–Crippen LogP) is 2.60. The number of hydrogen-bond acceptors (Lipinski definition) is 3. The normalized spacial score (nSPS) is 12.9. The Kier molecular flexibility index (Phi) is 12.9.